The highest BCUT2D eigenvalue weighted by atomic mass is 32.2. The smallest absolute Gasteiger partial charge is 0.270 e. The molecule has 7 nitrogen and oxygen atoms in total. The number of rotatable bonds is 5. The summed E-state index contributed by atoms with van der Waals surface area (Å²) in [7, 11) is 1.57. The Morgan fingerprint density at radius 1 is 1.17 bits per heavy atom. The number of amides is 1. The lowest BCUT2D eigenvalue weighted by Gasteiger charge is -2.14. The van der Waals surface area contributed by atoms with Crippen LogP contribution in [0.5, 0.6) is 5.75 Å². The Hall–Kier alpha value is -3.43. The number of nitrogens with zero attached hydrogens (tertiary/aromatic N) is 2. The average molecular weight is 438 g/mol. The van der Waals surface area contributed by atoms with Crippen molar-refractivity contribution in [2.75, 3.05) is 12.0 Å². The van der Waals surface area contributed by atoms with Gasteiger partial charge in [0.15, 0.2) is 4.32 Å². The number of ether oxygens (including phenoxy) is 1. The summed E-state index contributed by atoms with van der Waals surface area (Å²) in [6, 6.07) is 16.6. The van der Waals surface area contributed by atoms with Crippen molar-refractivity contribution < 1.29 is 18.9 Å². The summed E-state index contributed by atoms with van der Waals surface area (Å²) < 4.78 is 11.3. The molecule has 0 atom stereocenters. The lowest BCUT2D eigenvalue weighted by atomic mass is 10.1. The minimum absolute atomic E-state index is 0.0224. The number of hydrogen-bond donors (Lipinski definition) is 0. The average Bonchev–Trinajstić information content (AvgIpc) is 3.33. The number of thioether (sulfide) groups is 1. The molecule has 4 rings (SSSR count). The second-order valence-corrected chi connectivity index (χ2v) is 7.90. The molecule has 2 heterocycles. The molecule has 30 heavy (non-hydrogen) atoms. The Bertz CT molecular complexity index is 1180. The van der Waals surface area contributed by atoms with E-state index < -0.39 is 4.92 Å². The minimum Gasteiger partial charge on any atom is -0.497 e. The van der Waals surface area contributed by atoms with Crippen LogP contribution in [0, 0.1) is 10.1 Å². The van der Waals surface area contributed by atoms with E-state index in [4.69, 9.17) is 21.4 Å². The molecule has 0 bridgehead atoms. The summed E-state index contributed by atoms with van der Waals surface area (Å²) in [4.78, 5) is 25.3. The van der Waals surface area contributed by atoms with Gasteiger partial charge in [0.2, 0.25) is 0 Å². The molecule has 2 aromatic carbocycles. The van der Waals surface area contributed by atoms with Crippen LogP contribution in [0.15, 0.2) is 70.0 Å². The van der Waals surface area contributed by atoms with Gasteiger partial charge in [-0.05, 0) is 36.4 Å². The number of thiocarbonyl (C=S) groups is 1. The minimum atomic E-state index is -0.460. The summed E-state index contributed by atoms with van der Waals surface area (Å²) in [5.74, 6) is 1.36. The zero-order valence-corrected chi connectivity index (χ0v) is 17.2. The maximum atomic E-state index is 12.9. The van der Waals surface area contributed by atoms with Crippen LogP contribution in [-0.2, 0) is 4.79 Å². The fourth-order valence-corrected chi connectivity index (χ4v) is 4.19. The first-order valence-electron chi connectivity index (χ1n) is 8.73. The van der Waals surface area contributed by atoms with Gasteiger partial charge in [-0.2, -0.15) is 0 Å². The molecule has 3 aromatic rings. The normalized spacial score (nSPS) is 15.1. The predicted molar refractivity (Wildman–Crippen MR) is 119 cm³/mol. The Labute approximate surface area is 181 Å². The lowest BCUT2D eigenvalue weighted by molar-refractivity contribution is -0.384. The molecule has 0 radical (unpaired) electrons. The first kappa shape index (κ1) is 19.9. The summed E-state index contributed by atoms with van der Waals surface area (Å²) in [5, 5.41) is 11.0. The molecule has 1 amide bonds. The van der Waals surface area contributed by atoms with Gasteiger partial charge in [-0.15, -0.1) is 0 Å². The van der Waals surface area contributed by atoms with Crippen LogP contribution < -0.4 is 9.64 Å². The van der Waals surface area contributed by atoms with Crippen molar-refractivity contribution in [1.82, 2.24) is 0 Å². The highest BCUT2D eigenvalue weighted by Gasteiger charge is 2.33. The van der Waals surface area contributed by atoms with E-state index in [1.807, 2.05) is 0 Å². The molecule has 1 saturated heterocycles. The number of carbonyl (C=O) groups excluding carboxylic acids is 1. The molecule has 0 spiro atoms. The Kier molecular flexibility index (Phi) is 5.39. The molecule has 0 aliphatic carbocycles. The van der Waals surface area contributed by atoms with Crippen molar-refractivity contribution in [2.45, 2.75) is 0 Å². The largest absolute Gasteiger partial charge is 0.497 e. The van der Waals surface area contributed by atoms with E-state index in [1.54, 1.807) is 61.7 Å². The van der Waals surface area contributed by atoms with Gasteiger partial charge in [-0.1, -0.05) is 36.1 Å². The summed E-state index contributed by atoms with van der Waals surface area (Å²) in [5.41, 5.74) is 1.21. The molecular weight excluding hydrogens is 424 g/mol. The third kappa shape index (κ3) is 3.85. The van der Waals surface area contributed by atoms with Crippen LogP contribution in [0.2, 0.25) is 0 Å². The number of non-ortho nitro benzene ring substituents is 1. The van der Waals surface area contributed by atoms with Gasteiger partial charge in [0.05, 0.1) is 22.6 Å². The molecule has 9 heteroatoms. The van der Waals surface area contributed by atoms with Gasteiger partial charge in [-0.25, -0.2) is 0 Å². The van der Waals surface area contributed by atoms with E-state index >= 15 is 0 Å². The molecule has 1 aliphatic heterocycles. The van der Waals surface area contributed by atoms with Crippen molar-refractivity contribution >= 4 is 51.7 Å². The van der Waals surface area contributed by atoms with E-state index in [1.165, 1.54) is 28.8 Å². The zero-order valence-electron chi connectivity index (χ0n) is 15.6. The third-order valence-electron chi connectivity index (χ3n) is 4.37. The standard InChI is InChI=1S/C21H14N2O5S2/c1-27-16-7-5-14(6-8-16)22-20(24)19(30-21(22)29)12-17-9-10-18(28-17)13-3-2-4-15(11-13)23(25)26/h2-12H,1H3. The van der Waals surface area contributed by atoms with Crippen molar-refractivity contribution in [2.24, 2.45) is 0 Å². The number of methoxy groups -OCH3 is 1. The van der Waals surface area contributed by atoms with Crippen LogP contribution in [0.1, 0.15) is 5.76 Å². The van der Waals surface area contributed by atoms with Gasteiger partial charge in [-0.3, -0.25) is 19.8 Å². The van der Waals surface area contributed by atoms with E-state index in [9.17, 15) is 14.9 Å². The summed E-state index contributed by atoms with van der Waals surface area (Å²) in [6.45, 7) is 0. The van der Waals surface area contributed by atoms with Crippen LogP contribution in [-0.4, -0.2) is 22.3 Å². The molecule has 1 fully saturated rings. The van der Waals surface area contributed by atoms with Gasteiger partial charge < -0.3 is 9.15 Å². The number of furan rings is 1. The number of hydrogen-bond acceptors (Lipinski definition) is 7. The van der Waals surface area contributed by atoms with Crippen molar-refractivity contribution in [3.8, 4) is 17.1 Å². The monoisotopic (exact) mass is 438 g/mol. The second kappa shape index (κ2) is 8.13. The van der Waals surface area contributed by atoms with Crippen molar-refractivity contribution in [3.05, 3.63) is 81.4 Å². The third-order valence-corrected chi connectivity index (χ3v) is 5.67. The molecular formula is C21H14N2O5S2. The quantitative estimate of drug-likeness (QED) is 0.232. The second-order valence-electron chi connectivity index (χ2n) is 6.22. The first-order chi connectivity index (χ1) is 14.5. The van der Waals surface area contributed by atoms with Crippen LogP contribution >= 0.6 is 24.0 Å². The van der Waals surface area contributed by atoms with Crippen molar-refractivity contribution in [3.63, 3.8) is 0 Å². The first-order valence-corrected chi connectivity index (χ1v) is 9.95. The maximum absolute atomic E-state index is 12.9. The molecule has 1 aliphatic rings. The van der Waals surface area contributed by atoms with E-state index in [0.717, 1.165) is 0 Å². The highest BCUT2D eigenvalue weighted by Crippen LogP contribution is 2.37. The summed E-state index contributed by atoms with van der Waals surface area (Å²) >= 11 is 6.56. The molecule has 0 N–H and O–H groups in total. The van der Waals surface area contributed by atoms with Gasteiger partial charge in [0, 0.05) is 23.8 Å². The van der Waals surface area contributed by atoms with Crippen LogP contribution in [0.4, 0.5) is 11.4 Å². The van der Waals surface area contributed by atoms with E-state index in [-0.39, 0.29) is 11.6 Å². The zero-order chi connectivity index (χ0) is 21.3. The van der Waals surface area contributed by atoms with Gasteiger partial charge in [0.1, 0.15) is 17.3 Å². The molecule has 150 valence electrons. The van der Waals surface area contributed by atoms with Gasteiger partial charge in [0.25, 0.3) is 11.6 Å². The van der Waals surface area contributed by atoms with E-state index in [0.29, 0.717) is 37.7 Å². The van der Waals surface area contributed by atoms with Gasteiger partial charge >= 0.3 is 0 Å². The fraction of sp³-hybridized carbons (Fsp3) is 0.0476. The topological polar surface area (TPSA) is 85.8 Å². The van der Waals surface area contributed by atoms with Crippen LogP contribution in [0.3, 0.4) is 0 Å². The molecule has 1 aromatic heterocycles. The molecule has 0 unspecified atom stereocenters. The Morgan fingerprint density at radius 2 is 1.93 bits per heavy atom. The van der Waals surface area contributed by atoms with E-state index in [2.05, 4.69) is 0 Å². The molecule has 0 saturated carbocycles. The number of nitro benzene ring substituents is 1. The number of anilines is 1. The lowest BCUT2D eigenvalue weighted by Crippen LogP contribution is -2.27. The highest BCUT2D eigenvalue weighted by molar-refractivity contribution is 8.27. The number of nitro groups is 1. The fourth-order valence-electron chi connectivity index (χ4n) is 2.91. The van der Waals surface area contributed by atoms with Crippen LogP contribution in [0.25, 0.3) is 17.4 Å². The maximum Gasteiger partial charge on any atom is 0.270 e. The SMILES string of the molecule is COc1ccc(N2C(=O)C(=Cc3ccc(-c4cccc([N+](=O)[O-])c4)o3)SC2=S)cc1. The van der Waals surface area contributed by atoms with Crippen molar-refractivity contribution in [1.29, 1.82) is 0 Å². The predicted octanol–water partition coefficient (Wildman–Crippen LogP) is 5.27. The Morgan fingerprint density at radius 3 is 2.63 bits per heavy atom. The number of carbonyl (C=O) groups is 1. The summed E-state index contributed by atoms with van der Waals surface area (Å²) in [6.07, 6.45) is 1.61. The Balaban J connectivity index is 1.58. The number of benzene rings is 2.